The van der Waals surface area contributed by atoms with Crippen molar-refractivity contribution in [2.75, 3.05) is 31.2 Å². The third-order valence-corrected chi connectivity index (χ3v) is 5.47. The normalized spacial score (nSPS) is 14.1. The molecule has 5 nitrogen and oxygen atoms in total. The number of nitrogens with zero attached hydrogens (tertiary/aromatic N) is 2. The van der Waals surface area contributed by atoms with Gasteiger partial charge in [0.1, 0.15) is 17.6 Å². The zero-order valence-corrected chi connectivity index (χ0v) is 15.5. The lowest BCUT2D eigenvalue weighted by Gasteiger charge is -2.31. The maximum Gasteiger partial charge on any atom is 0.348 e. The molecule has 0 radical (unpaired) electrons. The number of nitriles is 1. The van der Waals surface area contributed by atoms with Gasteiger partial charge in [-0.3, -0.25) is 0 Å². The molecule has 0 spiro atoms. The van der Waals surface area contributed by atoms with E-state index in [4.69, 9.17) is 9.47 Å². The fraction of sp³-hybridized carbons (Fsp3) is 0.238. The van der Waals surface area contributed by atoms with Crippen molar-refractivity contribution in [3.8, 4) is 6.07 Å². The molecule has 27 heavy (non-hydrogen) atoms. The highest BCUT2D eigenvalue weighted by Crippen LogP contribution is 2.34. The van der Waals surface area contributed by atoms with E-state index in [-0.39, 0.29) is 12.6 Å². The SMILES string of the molecule is N#Cc1c(COC(=O)c2cccs2)cc2ccccc2c1N1CCOCC1. The van der Waals surface area contributed by atoms with Crippen molar-refractivity contribution in [2.45, 2.75) is 6.61 Å². The molecular weight excluding hydrogens is 360 g/mol. The van der Waals surface area contributed by atoms with E-state index in [1.165, 1.54) is 11.3 Å². The number of ether oxygens (including phenoxy) is 2. The largest absolute Gasteiger partial charge is 0.457 e. The summed E-state index contributed by atoms with van der Waals surface area (Å²) in [5.74, 6) is -0.366. The molecule has 136 valence electrons. The number of rotatable bonds is 4. The van der Waals surface area contributed by atoms with Crippen molar-refractivity contribution in [1.29, 1.82) is 5.26 Å². The summed E-state index contributed by atoms with van der Waals surface area (Å²) in [7, 11) is 0. The van der Waals surface area contributed by atoms with Gasteiger partial charge in [0.05, 0.1) is 24.5 Å². The molecule has 1 saturated heterocycles. The fourth-order valence-electron chi connectivity index (χ4n) is 3.35. The van der Waals surface area contributed by atoms with Crippen LogP contribution in [0.1, 0.15) is 20.8 Å². The van der Waals surface area contributed by atoms with Gasteiger partial charge >= 0.3 is 5.97 Å². The second-order valence-corrected chi connectivity index (χ2v) is 7.19. The summed E-state index contributed by atoms with van der Waals surface area (Å²) in [5, 5.41) is 13.8. The highest BCUT2D eigenvalue weighted by Gasteiger charge is 2.21. The number of anilines is 1. The third kappa shape index (κ3) is 3.52. The molecule has 1 aliphatic heterocycles. The standard InChI is InChI=1S/C21H18N2O3S/c22-13-18-16(14-26-21(24)19-6-3-11-27-19)12-15-4-1-2-5-17(15)20(18)23-7-9-25-10-8-23/h1-6,11-12H,7-10,14H2. The smallest absolute Gasteiger partial charge is 0.348 e. The topological polar surface area (TPSA) is 62.6 Å². The number of hydrogen-bond donors (Lipinski definition) is 0. The van der Waals surface area contributed by atoms with Crippen LogP contribution in [-0.2, 0) is 16.1 Å². The summed E-state index contributed by atoms with van der Waals surface area (Å²) < 4.78 is 10.9. The number of benzene rings is 2. The number of thiophene rings is 1. The van der Waals surface area contributed by atoms with Gasteiger partial charge in [0.2, 0.25) is 0 Å². The zero-order valence-electron chi connectivity index (χ0n) is 14.7. The molecule has 0 aliphatic carbocycles. The van der Waals surface area contributed by atoms with Gasteiger partial charge in [-0.15, -0.1) is 11.3 Å². The van der Waals surface area contributed by atoms with E-state index >= 15 is 0 Å². The van der Waals surface area contributed by atoms with Crippen LogP contribution < -0.4 is 4.90 Å². The second kappa shape index (κ2) is 7.78. The lowest BCUT2D eigenvalue weighted by atomic mass is 9.98. The van der Waals surface area contributed by atoms with E-state index in [0.29, 0.717) is 23.7 Å². The van der Waals surface area contributed by atoms with Crippen LogP contribution in [0.2, 0.25) is 0 Å². The molecule has 0 amide bonds. The molecule has 0 N–H and O–H groups in total. The molecule has 6 heteroatoms. The zero-order chi connectivity index (χ0) is 18.6. The summed E-state index contributed by atoms with van der Waals surface area (Å²) in [4.78, 5) is 15.0. The summed E-state index contributed by atoms with van der Waals surface area (Å²) in [6.07, 6.45) is 0. The van der Waals surface area contributed by atoms with Gasteiger partial charge in [0, 0.05) is 24.0 Å². The summed E-state index contributed by atoms with van der Waals surface area (Å²) >= 11 is 1.34. The minimum absolute atomic E-state index is 0.0712. The highest BCUT2D eigenvalue weighted by atomic mass is 32.1. The van der Waals surface area contributed by atoms with Crippen molar-refractivity contribution in [1.82, 2.24) is 0 Å². The van der Waals surface area contributed by atoms with E-state index in [1.54, 1.807) is 6.07 Å². The Balaban J connectivity index is 1.73. The van der Waals surface area contributed by atoms with Gasteiger partial charge in [0.25, 0.3) is 0 Å². The molecule has 0 bridgehead atoms. The number of esters is 1. The van der Waals surface area contributed by atoms with Crippen molar-refractivity contribution >= 4 is 33.8 Å². The number of hydrogen-bond acceptors (Lipinski definition) is 6. The van der Waals surface area contributed by atoms with E-state index < -0.39 is 0 Å². The van der Waals surface area contributed by atoms with Gasteiger partial charge in [0.15, 0.2) is 0 Å². The Morgan fingerprint density at radius 1 is 1.22 bits per heavy atom. The van der Waals surface area contributed by atoms with Crippen LogP contribution in [0.4, 0.5) is 5.69 Å². The summed E-state index contributed by atoms with van der Waals surface area (Å²) in [6.45, 7) is 2.81. The second-order valence-electron chi connectivity index (χ2n) is 6.25. The van der Waals surface area contributed by atoms with Crippen LogP contribution >= 0.6 is 11.3 Å². The van der Waals surface area contributed by atoms with E-state index in [2.05, 4.69) is 11.0 Å². The number of carbonyl (C=O) groups excluding carboxylic acids is 1. The predicted molar refractivity (Wildman–Crippen MR) is 105 cm³/mol. The third-order valence-electron chi connectivity index (χ3n) is 4.62. The molecule has 2 aromatic carbocycles. The van der Waals surface area contributed by atoms with E-state index in [9.17, 15) is 10.1 Å². The van der Waals surface area contributed by atoms with Crippen LogP contribution in [-0.4, -0.2) is 32.3 Å². The lowest BCUT2D eigenvalue weighted by Crippen LogP contribution is -2.37. The average Bonchev–Trinajstić information content (AvgIpc) is 3.26. The quantitative estimate of drug-likeness (QED) is 0.643. The first-order valence-corrected chi connectivity index (χ1v) is 9.64. The van der Waals surface area contributed by atoms with E-state index in [0.717, 1.165) is 35.1 Å². The summed E-state index contributed by atoms with van der Waals surface area (Å²) in [5.41, 5.74) is 2.19. The Hall–Kier alpha value is -2.88. The fourth-order valence-corrected chi connectivity index (χ4v) is 3.96. The van der Waals surface area contributed by atoms with Crippen molar-refractivity contribution in [3.05, 3.63) is 63.8 Å². The molecule has 1 aliphatic rings. The van der Waals surface area contributed by atoms with E-state index in [1.807, 2.05) is 41.8 Å². The van der Waals surface area contributed by atoms with Gasteiger partial charge in [-0.2, -0.15) is 5.26 Å². The lowest BCUT2D eigenvalue weighted by molar-refractivity contribution is 0.0478. The van der Waals surface area contributed by atoms with Crippen molar-refractivity contribution in [3.63, 3.8) is 0 Å². The molecular formula is C21H18N2O3S. The Morgan fingerprint density at radius 3 is 2.78 bits per heavy atom. The van der Waals surface area contributed by atoms with Gasteiger partial charge < -0.3 is 14.4 Å². The summed E-state index contributed by atoms with van der Waals surface area (Å²) in [6, 6.07) is 15.8. The van der Waals surface area contributed by atoms with Crippen LogP contribution in [0.15, 0.2) is 47.8 Å². The first-order valence-electron chi connectivity index (χ1n) is 8.76. The molecule has 1 aromatic heterocycles. The monoisotopic (exact) mass is 378 g/mol. The average molecular weight is 378 g/mol. The molecule has 2 heterocycles. The number of morpholine rings is 1. The van der Waals surface area contributed by atoms with Gasteiger partial charge in [-0.25, -0.2) is 4.79 Å². The maximum atomic E-state index is 12.2. The Morgan fingerprint density at radius 2 is 2.04 bits per heavy atom. The minimum Gasteiger partial charge on any atom is -0.457 e. The molecule has 3 aromatic rings. The highest BCUT2D eigenvalue weighted by molar-refractivity contribution is 7.11. The molecule has 0 unspecified atom stereocenters. The minimum atomic E-state index is -0.366. The van der Waals surface area contributed by atoms with Crippen LogP contribution in [0.5, 0.6) is 0 Å². The van der Waals surface area contributed by atoms with Gasteiger partial charge in [-0.1, -0.05) is 30.3 Å². The van der Waals surface area contributed by atoms with Crippen LogP contribution in [0, 0.1) is 11.3 Å². The number of fused-ring (bicyclic) bond motifs is 1. The van der Waals surface area contributed by atoms with Crippen LogP contribution in [0.25, 0.3) is 10.8 Å². The maximum absolute atomic E-state index is 12.2. The van der Waals surface area contributed by atoms with Gasteiger partial charge in [-0.05, 0) is 22.9 Å². The first kappa shape index (κ1) is 17.5. The molecule has 0 saturated carbocycles. The number of carbonyl (C=O) groups is 1. The van der Waals surface area contributed by atoms with Crippen LogP contribution in [0.3, 0.4) is 0 Å². The Labute approximate surface area is 161 Å². The molecule has 0 atom stereocenters. The van der Waals surface area contributed by atoms with Crippen molar-refractivity contribution < 1.29 is 14.3 Å². The predicted octanol–water partition coefficient (Wildman–Crippen LogP) is 3.97. The first-order chi connectivity index (χ1) is 13.3. The molecule has 4 rings (SSSR count). The Bertz CT molecular complexity index is 1000. The Kier molecular flexibility index (Phi) is 5.05. The molecule has 1 fully saturated rings. The van der Waals surface area contributed by atoms with Crippen molar-refractivity contribution in [2.24, 2.45) is 0 Å².